The summed E-state index contributed by atoms with van der Waals surface area (Å²) in [5.74, 6) is -1.60. The Morgan fingerprint density at radius 3 is 2.92 bits per heavy atom. The highest BCUT2D eigenvalue weighted by Gasteiger charge is 2.87. The van der Waals surface area contributed by atoms with E-state index in [1.54, 1.807) is 18.2 Å². The number of benzene rings is 1. The van der Waals surface area contributed by atoms with Crippen molar-refractivity contribution in [2.45, 2.75) is 0 Å². The topological polar surface area (TPSA) is 103 Å². The molecule has 2 fully saturated rings. The second-order valence-corrected chi connectivity index (χ2v) is 7.56. The molecule has 1 amide bonds. The molecule has 24 heavy (non-hydrogen) atoms. The normalized spacial score (nSPS) is 34.3. The third-order valence-corrected chi connectivity index (χ3v) is 6.57. The molecule has 0 radical (unpaired) electrons. The summed E-state index contributed by atoms with van der Waals surface area (Å²) in [6.45, 7) is 0. The number of fused-ring (bicyclic) bond motifs is 2. The van der Waals surface area contributed by atoms with E-state index in [2.05, 4.69) is 16.4 Å². The average molecular weight is 337 g/mol. The number of nitrogens with one attached hydrogen (secondary N) is 1. The summed E-state index contributed by atoms with van der Waals surface area (Å²) in [5, 5.41) is 21.6. The molecule has 1 heterocycles. The number of anilines is 1. The van der Waals surface area contributed by atoms with E-state index >= 15 is 0 Å². The van der Waals surface area contributed by atoms with Crippen molar-refractivity contribution < 1.29 is 14.7 Å². The van der Waals surface area contributed by atoms with Gasteiger partial charge >= 0.3 is 5.97 Å². The monoisotopic (exact) mass is 337 g/mol. The molecule has 5 atom stereocenters. The van der Waals surface area contributed by atoms with Gasteiger partial charge in [-0.3, -0.25) is 9.59 Å². The molecule has 0 saturated heterocycles. The molecule has 1 aromatic carbocycles. The predicted molar refractivity (Wildman–Crippen MR) is 86.1 cm³/mol. The number of carbonyl (C=O) groups is 2. The first-order valence-electron chi connectivity index (χ1n) is 7.60. The number of carboxylic acids is 1. The molecular weight excluding hydrogens is 326 g/mol. The first-order chi connectivity index (χ1) is 11.6. The molecule has 2 aromatic rings. The van der Waals surface area contributed by atoms with Gasteiger partial charge in [0.05, 0.1) is 33.2 Å². The minimum absolute atomic E-state index is 0.00759. The highest BCUT2D eigenvalue weighted by Crippen LogP contribution is 2.82. The number of hydrogen-bond acceptors (Lipinski definition) is 5. The number of carbonyl (C=O) groups excluding carboxylic acids is 1. The Balaban J connectivity index is 1.45. The molecule has 0 bridgehead atoms. The molecule has 0 spiro atoms. The van der Waals surface area contributed by atoms with Crippen molar-refractivity contribution >= 4 is 38.6 Å². The third-order valence-electron chi connectivity index (χ3n) is 5.63. The molecule has 2 N–H and O–H groups in total. The number of nitrogens with zero attached hydrogens (tertiary/aromatic N) is 2. The largest absolute Gasteiger partial charge is 0.481 e. The number of amides is 1. The fraction of sp³-hybridized carbons (Fsp3) is 0.294. The van der Waals surface area contributed by atoms with Gasteiger partial charge in [-0.1, -0.05) is 23.5 Å². The summed E-state index contributed by atoms with van der Waals surface area (Å²) in [6.07, 6.45) is 3.91. The van der Waals surface area contributed by atoms with E-state index in [1.165, 1.54) is 11.3 Å². The maximum absolute atomic E-state index is 12.8. The fourth-order valence-electron chi connectivity index (χ4n) is 4.67. The summed E-state index contributed by atoms with van der Waals surface area (Å²) < 4.78 is 0.819. The smallest absolute Gasteiger partial charge is 0.308 e. The zero-order chi connectivity index (χ0) is 16.6. The van der Waals surface area contributed by atoms with E-state index in [0.29, 0.717) is 16.2 Å². The SMILES string of the molecule is N#Cc1ccc2nc(NC(=O)[C@]34C5C=CC(C53)[C@@H]4C(=O)O)sc2c1. The molecule has 2 saturated carbocycles. The van der Waals surface area contributed by atoms with E-state index in [9.17, 15) is 14.7 Å². The van der Waals surface area contributed by atoms with Crippen LogP contribution in [0, 0.1) is 40.4 Å². The molecule has 3 aliphatic rings. The van der Waals surface area contributed by atoms with E-state index < -0.39 is 17.3 Å². The zero-order valence-corrected chi connectivity index (χ0v) is 13.1. The quantitative estimate of drug-likeness (QED) is 0.836. The van der Waals surface area contributed by atoms with Gasteiger partial charge in [-0.15, -0.1) is 0 Å². The number of hydrogen-bond donors (Lipinski definition) is 2. The van der Waals surface area contributed by atoms with Gasteiger partial charge in [0, 0.05) is 0 Å². The summed E-state index contributed by atoms with van der Waals surface area (Å²) in [6, 6.07) is 7.23. The van der Waals surface area contributed by atoms with Gasteiger partial charge in [-0.25, -0.2) is 4.98 Å². The van der Waals surface area contributed by atoms with Gasteiger partial charge in [0.15, 0.2) is 5.13 Å². The van der Waals surface area contributed by atoms with Gasteiger partial charge in [-0.2, -0.15) is 5.26 Å². The van der Waals surface area contributed by atoms with Crippen molar-refractivity contribution in [3.63, 3.8) is 0 Å². The highest BCUT2D eigenvalue weighted by atomic mass is 32.1. The Morgan fingerprint density at radius 1 is 1.38 bits per heavy atom. The lowest BCUT2D eigenvalue weighted by atomic mass is 9.63. The van der Waals surface area contributed by atoms with Crippen LogP contribution in [0.25, 0.3) is 10.2 Å². The van der Waals surface area contributed by atoms with Gasteiger partial charge in [-0.05, 0) is 36.0 Å². The van der Waals surface area contributed by atoms with Crippen molar-refractivity contribution in [3.8, 4) is 6.07 Å². The zero-order valence-electron chi connectivity index (χ0n) is 12.3. The van der Waals surface area contributed by atoms with Gasteiger partial charge < -0.3 is 10.4 Å². The molecule has 1 aromatic heterocycles. The van der Waals surface area contributed by atoms with Gasteiger partial charge in [0.2, 0.25) is 5.91 Å². The Bertz CT molecular complexity index is 1000. The van der Waals surface area contributed by atoms with Crippen LogP contribution in [-0.4, -0.2) is 22.0 Å². The molecule has 7 heteroatoms. The minimum atomic E-state index is -0.902. The van der Waals surface area contributed by atoms with Crippen LogP contribution in [0.4, 0.5) is 5.13 Å². The highest BCUT2D eigenvalue weighted by molar-refractivity contribution is 7.22. The van der Waals surface area contributed by atoms with Crippen LogP contribution in [0.15, 0.2) is 30.4 Å². The Kier molecular flexibility index (Phi) is 2.41. The Hall–Kier alpha value is -2.72. The average Bonchev–Trinajstić information content (AvgIpc) is 2.85. The Labute approximate surface area is 140 Å². The summed E-state index contributed by atoms with van der Waals surface area (Å²) in [5.41, 5.74) is 0.460. The van der Waals surface area contributed by atoms with Crippen molar-refractivity contribution in [1.82, 2.24) is 4.98 Å². The lowest BCUT2D eigenvalue weighted by Crippen LogP contribution is -2.50. The summed E-state index contributed by atoms with van der Waals surface area (Å²) in [4.78, 5) is 28.7. The fourth-order valence-corrected chi connectivity index (χ4v) is 5.57. The number of carboxylic acid groups (broad SMARTS) is 1. The standard InChI is InChI=1S/C17H11N3O3S/c18-6-7-1-4-10-11(5-7)24-16(19-10)20-15(23)17-9-3-2-8(12(9)17)13(17)14(21)22/h1-5,8-9,12-13H,(H,21,22)(H,19,20,23)/t8?,9?,12?,13-,17-/m1/s1. The maximum atomic E-state index is 12.8. The molecule has 6 nitrogen and oxygen atoms in total. The minimum Gasteiger partial charge on any atom is -0.481 e. The molecule has 0 aliphatic heterocycles. The van der Waals surface area contributed by atoms with Crippen LogP contribution < -0.4 is 5.32 Å². The van der Waals surface area contributed by atoms with Gasteiger partial charge in [0.1, 0.15) is 0 Å². The predicted octanol–water partition coefficient (Wildman–Crippen LogP) is 2.24. The van der Waals surface area contributed by atoms with Gasteiger partial charge in [0.25, 0.3) is 0 Å². The Morgan fingerprint density at radius 2 is 2.21 bits per heavy atom. The van der Waals surface area contributed by atoms with Crippen LogP contribution in [-0.2, 0) is 9.59 Å². The first-order valence-corrected chi connectivity index (χ1v) is 8.42. The lowest BCUT2D eigenvalue weighted by Gasteiger charge is -2.39. The van der Waals surface area contributed by atoms with Crippen LogP contribution in [0.5, 0.6) is 0 Å². The third kappa shape index (κ3) is 1.42. The van der Waals surface area contributed by atoms with Crippen molar-refractivity contribution in [2.24, 2.45) is 29.1 Å². The van der Waals surface area contributed by atoms with Crippen molar-refractivity contribution in [2.75, 3.05) is 5.32 Å². The van der Waals surface area contributed by atoms with E-state index in [-0.39, 0.29) is 23.7 Å². The van der Waals surface area contributed by atoms with Crippen molar-refractivity contribution in [1.29, 1.82) is 5.26 Å². The summed E-state index contributed by atoms with van der Waals surface area (Å²) in [7, 11) is 0. The summed E-state index contributed by atoms with van der Waals surface area (Å²) >= 11 is 1.29. The van der Waals surface area contributed by atoms with Crippen LogP contribution in [0.2, 0.25) is 0 Å². The molecule has 3 unspecified atom stereocenters. The molecule has 5 rings (SSSR count). The van der Waals surface area contributed by atoms with E-state index in [4.69, 9.17) is 5.26 Å². The number of aromatic nitrogens is 1. The van der Waals surface area contributed by atoms with Crippen LogP contribution in [0.1, 0.15) is 5.56 Å². The number of nitriles is 1. The second-order valence-electron chi connectivity index (χ2n) is 6.53. The van der Waals surface area contributed by atoms with Crippen LogP contribution >= 0.6 is 11.3 Å². The van der Waals surface area contributed by atoms with E-state index in [1.807, 2.05) is 12.2 Å². The number of thiazole rings is 1. The van der Waals surface area contributed by atoms with E-state index in [0.717, 1.165) is 4.70 Å². The maximum Gasteiger partial charge on any atom is 0.308 e. The molecule has 118 valence electrons. The first kappa shape index (κ1) is 13.7. The molecule has 3 aliphatic carbocycles. The number of aliphatic carboxylic acids is 1. The second kappa shape index (κ2) is 4.22. The van der Waals surface area contributed by atoms with Crippen LogP contribution in [0.3, 0.4) is 0 Å². The number of allylic oxidation sites excluding steroid dienone is 2. The lowest BCUT2D eigenvalue weighted by molar-refractivity contribution is -0.156. The van der Waals surface area contributed by atoms with Crippen molar-refractivity contribution in [3.05, 3.63) is 35.9 Å². The molecular formula is C17H11N3O3S. The number of rotatable bonds is 3.